The van der Waals surface area contributed by atoms with Crippen LogP contribution in [0.2, 0.25) is 0 Å². The molecule has 2 N–H and O–H groups in total. The number of carboxylic acid groups (broad SMARTS) is 1. The maximum absolute atomic E-state index is 10.9. The Morgan fingerprint density at radius 2 is 2.47 bits per heavy atom. The summed E-state index contributed by atoms with van der Waals surface area (Å²) in [5.74, 6) is -0.277. The van der Waals surface area contributed by atoms with Gasteiger partial charge in [0.2, 0.25) is 0 Å². The van der Waals surface area contributed by atoms with Crippen LogP contribution in [-0.4, -0.2) is 33.6 Å². The number of piperidine rings is 1. The summed E-state index contributed by atoms with van der Waals surface area (Å²) >= 11 is 0. The fourth-order valence-corrected chi connectivity index (χ4v) is 2.66. The molecule has 3 heterocycles. The quantitative estimate of drug-likeness (QED) is 0.878. The highest BCUT2D eigenvalue weighted by Gasteiger charge is 2.15. The predicted molar refractivity (Wildman–Crippen MR) is 71.4 cm³/mol. The van der Waals surface area contributed by atoms with Gasteiger partial charge in [0.15, 0.2) is 0 Å². The Morgan fingerprint density at radius 3 is 3.21 bits per heavy atom. The maximum atomic E-state index is 10.9. The number of carboxylic acids is 1. The molecule has 5 nitrogen and oxygen atoms in total. The molecule has 3 rings (SSSR count). The van der Waals surface area contributed by atoms with Crippen molar-refractivity contribution in [3.05, 3.63) is 35.8 Å². The van der Waals surface area contributed by atoms with Crippen LogP contribution in [0.1, 0.15) is 28.9 Å². The number of hydrogen-bond donors (Lipinski definition) is 2. The Kier molecular flexibility index (Phi) is 3.21. The SMILES string of the molecule is O=C(O)c1ccn2cc(CC3CCCNC3)nc2c1. The Morgan fingerprint density at radius 1 is 1.58 bits per heavy atom. The fourth-order valence-electron chi connectivity index (χ4n) is 2.66. The summed E-state index contributed by atoms with van der Waals surface area (Å²) in [5, 5.41) is 12.4. The first-order chi connectivity index (χ1) is 9.22. The molecular formula is C14H17N3O2. The first-order valence-electron chi connectivity index (χ1n) is 6.64. The molecule has 0 amide bonds. The van der Waals surface area contributed by atoms with E-state index >= 15 is 0 Å². The normalized spacial score (nSPS) is 19.7. The highest BCUT2D eigenvalue weighted by molar-refractivity contribution is 5.88. The lowest BCUT2D eigenvalue weighted by molar-refractivity contribution is 0.0697. The van der Waals surface area contributed by atoms with Crippen LogP contribution < -0.4 is 5.32 Å². The van der Waals surface area contributed by atoms with Crippen molar-refractivity contribution in [2.24, 2.45) is 5.92 Å². The molecule has 0 bridgehead atoms. The third-order valence-corrected chi connectivity index (χ3v) is 3.65. The van der Waals surface area contributed by atoms with Crippen LogP contribution in [0.5, 0.6) is 0 Å². The van der Waals surface area contributed by atoms with Crippen LogP contribution in [0, 0.1) is 5.92 Å². The average molecular weight is 259 g/mol. The molecule has 2 aromatic heterocycles. The van der Waals surface area contributed by atoms with Crippen molar-refractivity contribution in [3.63, 3.8) is 0 Å². The van der Waals surface area contributed by atoms with E-state index in [1.165, 1.54) is 12.8 Å². The number of hydrogen-bond acceptors (Lipinski definition) is 3. The number of aromatic carboxylic acids is 1. The van der Waals surface area contributed by atoms with E-state index in [4.69, 9.17) is 5.11 Å². The molecular weight excluding hydrogens is 242 g/mol. The molecule has 0 aromatic carbocycles. The summed E-state index contributed by atoms with van der Waals surface area (Å²) in [6.45, 7) is 2.16. The Bertz CT molecular complexity index is 600. The van der Waals surface area contributed by atoms with Gasteiger partial charge in [0.05, 0.1) is 11.3 Å². The largest absolute Gasteiger partial charge is 0.478 e. The average Bonchev–Trinajstić information content (AvgIpc) is 2.80. The smallest absolute Gasteiger partial charge is 0.335 e. The standard InChI is InChI=1S/C14H17N3O2/c18-14(19)11-3-5-17-9-12(16-13(17)7-11)6-10-2-1-4-15-8-10/h3,5,7,9-10,15H,1-2,4,6,8H2,(H,18,19). The van der Waals surface area contributed by atoms with Crippen molar-refractivity contribution in [2.75, 3.05) is 13.1 Å². The number of pyridine rings is 1. The van der Waals surface area contributed by atoms with Gasteiger partial charge in [-0.15, -0.1) is 0 Å². The highest BCUT2D eigenvalue weighted by atomic mass is 16.4. The van der Waals surface area contributed by atoms with Crippen molar-refractivity contribution >= 4 is 11.6 Å². The summed E-state index contributed by atoms with van der Waals surface area (Å²) < 4.78 is 1.89. The Balaban J connectivity index is 1.82. The van der Waals surface area contributed by atoms with Crippen molar-refractivity contribution < 1.29 is 9.90 Å². The van der Waals surface area contributed by atoms with Gasteiger partial charge in [-0.25, -0.2) is 9.78 Å². The van der Waals surface area contributed by atoms with Gasteiger partial charge in [-0.1, -0.05) is 0 Å². The molecule has 100 valence electrons. The third-order valence-electron chi connectivity index (χ3n) is 3.65. The summed E-state index contributed by atoms with van der Waals surface area (Å²) in [7, 11) is 0. The number of carbonyl (C=O) groups is 1. The van der Waals surface area contributed by atoms with E-state index < -0.39 is 5.97 Å². The predicted octanol–water partition coefficient (Wildman–Crippen LogP) is 1.57. The number of nitrogens with zero attached hydrogens (tertiary/aromatic N) is 2. The summed E-state index contributed by atoms with van der Waals surface area (Å²) in [6.07, 6.45) is 7.17. The van der Waals surface area contributed by atoms with Crippen LogP contribution >= 0.6 is 0 Å². The molecule has 1 unspecified atom stereocenters. The van der Waals surface area contributed by atoms with E-state index in [1.54, 1.807) is 18.3 Å². The van der Waals surface area contributed by atoms with Crippen LogP contribution in [-0.2, 0) is 6.42 Å². The number of fused-ring (bicyclic) bond motifs is 1. The van der Waals surface area contributed by atoms with Gasteiger partial charge < -0.3 is 14.8 Å². The molecule has 1 saturated heterocycles. The van der Waals surface area contributed by atoms with Crippen molar-refractivity contribution in [1.29, 1.82) is 0 Å². The molecule has 0 spiro atoms. The van der Waals surface area contributed by atoms with Crippen LogP contribution in [0.3, 0.4) is 0 Å². The first-order valence-corrected chi connectivity index (χ1v) is 6.64. The molecule has 0 radical (unpaired) electrons. The minimum Gasteiger partial charge on any atom is -0.478 e. The molecule has 1 fully saturated rings. The number of rotatable bonds is 3. The minimum absolute atomic E-state index is 0.281. The lowest BCUT2D eigenvalue weighted by Gasteiger charge is -2.21. The van der Waals surface area contributed by atoms with Gasteiger partial charge >= 0.3 is 5.97 Å². The van der Waals surface area contributed by atoms with E-state index in [2.05, 4.69) is 10.3 Å². The molecule has 5 heteroatoms. The van der Waals surface area contributed by atoms with E-state index in [0.717, 1.165) is 25.2 Å². The van der Waals surface area contributed by atoms with Gasteiger partial charge in [0.1, 0.15) is 5.65 Å². The van der Waals surface area contributed by atoms with Gasteiger partial charge in [0.25, 0.3) is 0 Å². The molecule has 0 saturated carbocycles. The zero-order valence-corrected chi connectivity index (χ0v) is 10.7. The van der Waals surface area contributed by atoms with Gasteiger partial charge in [0, 0.05) is 12.4 Å². The van der Waals surface area contributed by atoms with Crippen LogP contribution in [0.25, 0.3) is 5.65 Å². The second kappa shape index (κ2) is 5.01. The van der Waals surface area contributed by atoms with Crippen LogP contribution in [0.15, 0.2) is 24.5 Å². The minimum atomic E-state index is -0.913. The second-order valence-corrected chi connectivity index (χ2v) is 5.13. The van der Waals surface area contributed by atoms with Crippen molar-refractivity contribution in [2.45, 2.75) is 19.3 Å². The number of imidazole rings is 1. The number of nitrogens with one attached hydrogen (secondary N) is 1. The van der Waals surface area contributed by atoms with Crippen LogP contribution in [0.4, 0.5) is 0 Å². The van der Waals surface area contributed by atoms with E-state index in [0.29, 0.717) is 11.6 Å². The molecule has 19 heavy (non-hydrogen) atoms. The molecule has 1 atom stereocenters. The zero-order chi connectivity index (χ0) is 13.2. The van der Waals surface area contributed by atoms with Crippen molar-refractivity contribution in [1.82, 2.24) is 14.7 Å². The molecule has 2 aromatic rings. The van der Waals surface area contributed by atoms with E-state index in [1.807, 2.05) is 10.6 Å². The fraction of sp³-hybridized carbons (Fsp3) is 0.429. The Hall–Kier alpha value is -1.88. The topological polar surface area (TPSA) is 66.6 Å². The molecule has 1 aliphatic heterocycles. The van der Waals surface area contributed by atoms with Gasteiger partial charge in [-0.05, 0) is 50.4 Å². The highest BCUT2D eigenvalue weighted by Crippen LogP contribution is 2.17. The molecule has 0 aliphatic carbocycles. The lowest BCUT2D eigenvalue weighted by Crippen LogP contribution is -2.30. The van der Waals surface area contributed by atoms with E-state index in [-0.39, 0.29) is 5.56 Å². The van der Waals surface area contributed by atoms with Gasteiger partial charge in [-0.3, -0.25) is 0 Å². The number of aromatic nitrogens is 2. The third kappa shape index (κ3) is 2.61. The second-order valence-electron chi connectivity index (χ2n) is 5.13. The maximum Gasteiger partial charge on any atom is 0.335 e. The summed E-state index contributed by atoms with van der Waals surface area (Å²) in [6, 6.07) is 3.22. The van der Waals surface area contributed by atoms with E-state index in [9.17, 15) is 4.79 Å². The van der Waals surface area contributed by atoms with Gasteiger partial charge in [-0.2, -0.15) is 0 Å². The van der Waals surface area contributed by atoms with Crippen molar-refractivity contribution in [3.8, 4) is 0 Å². The summed E-state index contributed by atoms with van der Waals surface area (Å²) in [4.78, 5) is 15.4. The molecule has 1 aliphatic rings. The first kappa shape index (κ1) is 12.2. The lowest BCUT2D eigenvalue weighted by atomic mass is 9.95. The Labute approximate surface area is 111 Å². The zero-order valence-electron chi connectivity index (χ0n) is 10.7. The monoisotopic (exact) mass is 259 g/mol. The summed E-state index contributed by atoms with van der Waals surface area (Å²) in [5.41, 5.74) is 2.03.